The van der Waals surface area contributed by atoms with E-state index in [9.17, 15) is 29.0 Å². The van der Waals surface area contributed by atoms with Crippen LogP contribution < -0.4 is 11.5 Å². The summed E-state index contributed by atoms with van der Waals surface area (Å²) in [6.45, 7) is 0.296. The Labute approximate surface area is 185 Å². The minimum atomic E-state index is -5.36. The smallest absolute Gasteiger partial charge is 0.387 e. The van der Waals surface area contributed by atoms with E-state index < -0.39 is 52.2 Å². The van der Waals surface area contributed by atoms with Gasteiger partial charge in [-0.2, -0.15) is 4.31 Å². The standard InChI is InChI=1S/C15H19N5O11P2/c1-15(23)11(22)8(5-29-33(27,28)31-32(24,25)26)30-14(15)20-4-7(2-3-9(16)21)10-12(17)18-6-19-13(10)20/h4,6,8,11,14,22-23H,5H2,1H3,(H2,16,21)(H,27,28)(H2,17,18,19)(H2,24,25,26)/t8?,11?,14?,15-/m1/s1. The van der Waals surface area contributed by atoms with Gasteiger partial charge in [-0.25, -0.2) is 19.1 Å². The molecular weight excluding hydrogens is 488 g/mol. The highest BCUT2D eigenvalue weighted by Gasteiger charge is 2.54. The highest BCUT2D eigenvalue weighted by molar-refractivity contribution is 7.60. The van der Waals surface area contributed by atoms with Crippen LogP contribution in [0, 0.1) is 11.8 Å². The Morgan fingerprint density at radius 3 is 2.64 bits per heavy atom. The molecule has 9 N–H and O–H groups in total. The molecule has 1 aliphatic rings. The topological polar surface area (TPSA) is 263 Å². The Morgan fingerprint density at radius 2 is 2.03 bits per heavy atom. The molecule has 180 valence electrons. The summed E-state index contributed by atoms with van der Waals surface area (Å²) in [4.78, 5) is 45.7. The Balaban J connectivity index is 1.95. The quantitative estimate of drug-likeness (QED) is 0.166. The Kier molecular flexibility index (Phi) is 6.68. The Hall–Kier alpha value is -2.41. The minimum absolute atomic E-state index is 0.0126. The first-order valence-corrected chi connectivity index (χ1v) is 11.9. The second kappa shape index (κ2) is 8.75. The molecular formula is C15H19N5O11P2. The zero-order chi connectivity index (χ0) is 24.8. The number of ether oxygens (including phenoxy) is 1. The van der Waals surface area contributed by atoms with Gasteiger partial charge in [0.2, 0.25) is 0 Å². The number of nitrogens with zero attached hydrogens (tertiary/aromatic N) is 3. The van der Waals surface area contributed by atoms with Crippen molar-refractivity contribution in [3.05, 3.63) is 18.1 Å². The average molecular weight is 507 g/mol. The summed E-state index contributed by atoms with van der Waals surface area (Å²) in [5, 5.41) is 21.6. The zero-order valence-electron chi connectivity index (χ0n) is 16.7. The maximum atomic E-state index is 11.7. The summed E-state index contributed by atoms with van der Waals surface area (Å²) in [5.41, 5.74) is 9.15. The van der Waals surface area contributed by atoms with Gasteiger partial charge in [0.05, 0.1) is 17.6 Å². The number of carbonyl (C=O) groups is 1. The SMILES string of the molecule is C[C@@]1(O)C(O)C(COP(=O)(O)OP(=O)(O)O)OC1n1cc(C#CC(N)=O)c2c(N)ncnc21. The maximum Gasteiger partial charge on any atom is 0.481 e. The molecule has 4 unspecified atom stereocenters. The number of rotatable bonds is 6. The first-order valence-electron chi connectivity index (χ1n) is 8.85. The normalized spacial score (nSPS) is 27.2. The number of primary amides is 1. The average Bonchev–Trinajstić information content (AvgIpc) is 3.13. The number of nitrogen functional groups attached to an aromatic ring is 1. The molecule has 3 heterocycles. The number of carbonyl (C=O) groups excluding carboxylic acids is 1. The van der Waals surface area contributed by atoms with Crippen LogP contribution in [0.5, 0.6) is 0 Å². The number of phosphoric acid groups is 2. The lowest BCUT2D eigenvalue weighted by Gasteiger charge is -2.27. The summed E-state index contributed by atoms with van der Waals surface area (Å²) in [7, 11) is -10.6. The number of hydrogen-bond donors (Lipinski definition) is 7. The fourth-order valence-corrected chi connectivity index (χ4v) is 4.81. The zero-order valence-corrected chi connectivity index (χ0v) is 18.5. The van der Waals surface area contributed by atoms with E-state index in [2.05, 4.69) is 30.6 Å². The van der Waals surface area contributed by atoms with E-state index in [1.165, 1.54) is 17.7 Å². The molecule has 3 rings (SSSR count). The maximum absolute atomic E-state index is 11.7. The van der Waals surface area contributed by atoms with Crippen LogP contribution in [-0.2, 0) is 27.5 Å². The van der Waals surface area contributed by atoms with Gasteiger partial charge in [-0.3, -0.25) is 9.32 Å². The van der Waals surface area contributed by atoms with Crippen LogP contribution >= 0.6 is 15.6 Å². The van der Waals surface area contributed by atoms with Gasteiger partial charge in [0, 0.05) is 12.1 Å². The van der Waals surface area contributed by atoms with E-state index in [0.717, 1.165) is 6.33 Å². The van der Waals surface area contributed by atoms with Gasteiger partial charge in [0.15, 0.2) is 6.23 Å². The first-order chi connectivity index (χ1) is 15.1. The Morgan fingerprint density at radius 1 is 1.36 bits per heavy atom. The molecule has 0 aromatic carbocycles. The van der Waals surface area contributed by atoms with Crippen LogP contribution in [0.1, 0.15) is 18.7 Å². The van der Waals surface area contributed by atoms with Gasteiger partial charge < -0.3 is 45.7 Å². The van der Waals surface area contributed by atoms with Crippen LogP contribution in [-0.4, -0.2) is 69.8 Å². The van der Waals surface area contributed by atoms with Crippen LogP contribution in [0.4, 0.5) is 5.82 Å². The summed E-state index contributed by atoms with van der Waals surface area (Å²) < 4.78 is 37.5. The van der Waals surface area contributed by atoms with Crippen molar-refractivity contribution in [1.29, 1.82) is 0 Å². The van der Waals surface area contributed by atoms with Crippen molar-refractivity contribution in [3.8, 4) is 11.8 Å². The molecule has 1 fully saturated rings. The van der Waals surface area contributed by atoms with E-state index in [1.807, 2.05) is 0 Å². The van der Waals surface area contributed by atoms with Gasteiger partial charge in [-0.1, -0.05) is 5.92 Å². The summed E-state index contributed by atoms with van der Waals surface area (Å²) in [6.07, 6.45) is -2.13. The van der Waals surface area contributed by atoms with Crippen LogP contribution in [0.15, 0.2) is 12.5 Å². The molecule has 18 heteroatoms. The van der Waals surface area contributed by atoms with Crippen molar-refractivity contribution < 1.29 is 52.4 Å². The van der Waals surface area contributed by atoms with Crippen molar-refractivity contribution in [2.75, 3.05) is 12.3 Å². The van der Waals surface area contributed by atoms with Crippen molar-refractivity contribution in [2.45, 2.75) is 31.0 Å². The first kappa shape index (κ1) is 25.2. The summed E-state index contributed by atoms with van der Waals surface area (Å²) >= 11 is 0. The van der Waals surface area contributed by atoms with Crippen molar-refractivity contribution in [1.82, 2.24) is 14.5 Å². The molecule has 1 aliphatic heterocycles. The van der Waals surface area contributed by atoms with E-state index >= 15 is 0 Å². The minimum Gasteiger partial charge on any atom is -0.387 e. The van der Waals surface area contributed by atoms with Crippen LogP contribution in [0.25, 0.3) is 11.0 Å². The number of aromatic nitrogens is 3. The highest BCUT2D eigenvalue weighted by atomic mass is 31.3. The van der Waals surface area contributed by atoms with Crippen LogP contribution in [0.2, 0.25) is 0 Å². The molecule has 0 radical (unpaired) electrons. The lowest BCUT2D eigenvalue weighted by atomic mass is 9.96. The predicted molar refractivity (Wildman–Crippen MR) is 107 cm³/mol. The van der Waals surface area contributed by atoms with Crippen molar-refractivity contribution in [3.63, 3.8) is 0 Å². The number of anilines is 1. The summed E-state index contributed by atoms with van der Waals surface area (Å²) in [5.74, 6) is 3.70. The molecule has 2 aromatic rings. The largest absolute Gasteiger partial charge is 0.481 e. The fraction of sp³-hybridized carbons (Fsp3) is 0.400. The monoisotopic (exact) mass is 507 g/mol. The third-order valence-electron chi connectivity index (χ3n) is 4.58. The molecule has 33 heavy (non-hydrogen) atoms. The second-order valence-corrected chi connectivity index (χ2v) is 9.89. The second-order valence-electron chi connectivity index (χ2n) is 7.06. The molecule has 0 bridgehead atoms. The van der Waals surface area contributed by atoms with Gasteiger partial charge in [-0.05, 0) is 6.92 Å². The molecule has 1 amide bonds. The van der Waals surface area contributed by atoms with Gasteiger partial charge in [0.25, 0.3) is 5.91 Å². The van der Waals surface area contributed by atoms with Crippen molar-refractivity contribution >= 4 is 38.4 Å². The third-order valence-corrected chi connectivity index (χ3v) is 6.73. The van der Waals surface area contributed by atoms with Gasteiger partial charge in [0.1, 0.15) is 35.6 Å². The molecule has 0 aliphatic carbocycles. The number of amides is 1. The van der Waals surface area contributed by atoms with E-state index in [-0.39, 0.29) is 22.4 Å². The van der Waals surface area contributed by atoms with Crippen LogP contribution in [0.3, 0.4) is 0 Å². The number of aliphatic hydroxyl groups excluding tert-OH is 1. The van der Waals surface area contributed by atoms with E-state index in [0.29, 0.717) is 0 Å². The van der Waals surface area contributed by atoms with E-state index in [4.69, 9.17) is 26.0 Å². The van der Waals surface area contributed by atoms with E-state index in [1.54, 1.807) is 0 Å². The number of nitrogens with two attached hydrogens (primary N) is 2. The number of phosphoric ester groups is 1. The number of aliphatic hydroxyl groups is 2. The Bertz CT molecular complexity index is 1250. The van der Waals surface area contributed by atoms with Gasteiger partial charge >= 0.3 is 15.6 Å². The highest BCUT2D eigenvalue weighted by Crippen LogP contribution is 2.58. The fourth-order valence-electron chi connectivity index (χ4n) is 3.21. The summed E-state index contributed by atoms with van der Waals surface area (Å²) in [6, 6.07) is 0. The third kappa shape index (κ3) is 5.40. The van der Waals surface area contributed by atoms with Crippen molar-refractivity contribution in [2.24, 2.45) is 5.73 Å². The molecule has 0 spiro atoms. The van der Waals surface area contributed by atoms with Gasteiger partial charge in [-0.15, -0.1) is 0 Å². The lowest BCUT2D eigenvalue weighted by Crippen LogP contribution is -2.44. The lowest BCUT2D eigenvalue weighted by molar-refractivity contribution is -0.112. The molecule has 0 saturated carbocycles. The molecule has 16 nitrogen and oxygen atoms in total. The molecule has 2 aromatic heterocycles. The number of hydrogen-bond acceptors (Lipinski definition) is 11. The number of fused-ring (bicyclic) bond motifs is 1. The molecule has 5 atom stereocenters. The predicted octanol–water partition coefficient (Wildman–Crippen LogP) is -1.91. The molecule has 1 saturated heterocycles.